The standard InChI is InChI=1S/C29H32N4O4/c1-18(2)32-25(17-30(4)19(3)34)33(31-16-15-24(35)28(36)27(31)29(32)37)26-22-11-7-5-9-20(22)13-14-21-10-6-8-12-23(21)26/h5-12,15-16,18,25-26,36H,13-14,17H2,1-4H3. The van der Waals surface area contributed by atoms with Crippen LogP contribution in [0.15, 0.2) is 65.6 Å². The van der Waals surface area contributed by atoms with E-state index in [4.69, 9.17) is 0 Å². The van der Waals surface area contributed by atoms with E-state index in [0.29, 0.717) is 0 Å². The molecule has 5 rings (SSSR count). The molecular weight excluding hydrogens is 468 g/mol. The van der Waals surface area contributed by atoms with Crippen molar-refractivity contribution in [3.63, 3.8) is 0 Å². The zero-order valence-electron chi connectivity index (χ0n) is 21.6. The number of aromatic hydroxyl groups is 1. The third-order valence-electron chi connectivity index (χ3n) is 7.52. The third kappa shape index (κ3) is 4.06. The first-order chi connectivity index (χ1) is 17.7. The van der Waals surface area contributed by atoms with Gasteiger partial charge in [-0.3, -0.25) is 24.1 Å². The van der Waals surface area contributed by atoms with Gasteiger partial charge in [0.15, 0.2) is 11.4 Å². The van der Waals surface area contributed by atoms with Gasteiger partial charge in [-0.1, -0.05) is 48.5 Å². The topological polar surface area (TPSA) is 86.1 Å². The molecule has 0 saturated carbocycles. The molecule has 8 nitrogen and oxygen atoms in total. The van der Waals surface area contributed by atoms with Crippen LogP contribution in [0.3, 0.4) is 0 Å². The maximum Gasteiger partial charge on any atom is 0.278 e. The lowest BCUT2D eigenvalue weighted by Crippen LogP contribution is -2.67. The van der Waals surface area contributed by atoms with Gasteiger partial charge in [0.05, 0.1) is 12.6 Å². The van der Waals surface area contributed by atoms with Crippen LogP contribution in [-0.4, -0.2) is 57.2 Å². The normalized spacial score (nSPS) is 17.2. The van der Waals surface area contributed by atoms with Crippen LogP contribution < -0.4 is 10.4 Å². The Bertz CT molecular complexity index is 1380. The summed E-state index contributed by atoms with van der Waals surface area (Å²) in [6, 6.07) is 17.2. The maximum atomic E-state index is 13.9. The molecule has 2 heterocycles. The van der Waals surface area contributed by atoms with Crippen molar-refractivity contribution in [2.24, 2.45) is 0 Å². The lowest BCUT2D eigenvalue weighted by atomic mass is 9.93. The summed E-state index contributed by atoms with van der Waals surface area (Å²) in [7, 11) is 1.72. The Morgan fingerprint density at radius 2 is 1.57 bits per heavy atom. The van der Waals surface area contributed by atoms with Crippen LogP contribution in [0.2, 0.25) is 0 Å². The number of fused-ring (bicyclic) bond motifs is 3. The van der Waals surface area contributed by atoms with Gasteiger partial charge >= 0.3 is 0 Å². The first kappa shape index (κ1) is 24.6. The zero-order chi connectivity index (χ0) is 26.4. The fourth-order valence-electron chi connectivity index (χ4n) is 5.64. The maximum absolute atomic E-state index is 13.9. The monoisotopic (exact) mass is 500 g/mol. The smallest absolute Gasteiger partial charge is 0.278 e. The number of hydrogen-bond acceptors (Lipinski definition) is 5. The molecule has 1 unspecified atom stereocenters. The highest BCUT2D eigenvalue weighted by atomic mass is 16.3. The quantitative estimate of drug-likeness (QED) is 0.595. The molecule has 0 fully saturated rings. The Kier molecular flexibility index (Phi) is 6.27. The Balaban J connectivity index is 1.85. The lowest BCUT2D eigenvalue weighted by Gasteiger charge is -2.52. The lowest BCUT2D eigenvalue weighted by molar-refractivity contribution is -0.128. The summed E-state index contributed by atoms with van der Waals surface area (Å²) in [5.74, 6) is -1.14. The highest BCUT2D eigenvalue weighted by Gasteiger charge is 2.45. The minimum atomic E-state index is -0.607. The predicted octanol–water partition coefficient (Wildman–Crippen LogP) is 3.05. The van der Waals surface area contributed by atoms with E-state index in [1.807, 2.05) is 38.1 Å². The number of nitrogens with zero attached hydrogens (tertiary/aromatic N) is 4. The number of carbonyl (C=O) groups is 2. The minimum absolute atomic E-state index is 0.0675. The molecule has 2 aromatic carbocycles. The molecule has 0 radical (unpaired) electrons. The second kappa shape index (κ2) is 9.42. The summed E-state index contributed by atoms with van der Waals surface area (Å²) in [5, 5.41) is 12.9. The molecule has 1 atom stereocenters. The molecule has 0 spiro atoms. The second-order valence-electron chi connectivity index (χ2n) is 10.1. The number of likely N-dealkylation sites (N-methyl/N-ethyl adjacent to an activating group) is 1. The van der Waals surface area contributed by atoms with Crippen LogP contribution in [-0.2, 0) is 17.6 Å². The van der Waals surface area contributed by atoms with Gasteiger partial charge in [0.1, 0.15) is 6.17 Å². The average molecular weight is 501 g/mol. The van der Waals surface area contributed by atoms with Gasteiger partial charge in [-0.15, -0.1) is 0 Å². The molecule has 0 bridgehead atoms. The number of rotatable bonds is 4. The van der Waals surface area contributed by atoms with Crippen molar-refractivity contribution in [3.8, 4) is 5.75 Å². The number of amides is 2. The Hall–Kier alpha value is -4.07. The largest absolute Gasteiger partial charge is 0.502 e. The molecule has 1 aromatic heterocycles. The van der Waals surface area contributed by atoms with E-state index in [0.717, 1.165) is 24.0 Å². The van der Waals surface area contributed by atoms with Crippen molar-refractivity contribution in [2.45, 2.75) is 51.9 Å². The number of pyridine rings is 1. The number of benzene rings is 2. The highest BCUT2D eigenvalue weighted by Crippen LogP contribution is 2.40. The van der Waals surface area contributed by atoms with Crippen molar-refractivity contribution < 1.29 is 14.7 Å². The summed E-state index contributed by atoms with van der Waals surface area (Å²) in [5.41, 5.74) is 3.89. The fourth-order valence-corrected chi connectivity index (χ4v) is 5.64. The number of carbonyl (C=O) groups excluding carboxylic acids is 2. The molecular formula is C29H32N4O4. The van der Waals surface area contributed by atoms with E-state index in [9.17, 15) is 19.5 Å². The first-order valence-corrected chi connectivity index (χ1v) is 12.6. The SMILES string of the molecule is CC(=O)N(C)CC1N(C(C)C)C(=O)c2c(O)c(=O)ccn2N1C1c2ccccc2CCc2ccccc21. The third-order valence-corrected chi connectivity index (χ3v) is 7.52. The molecule has 2 amide bonds. The summed E-state index contributed by atoms with van der Waals surface area (Å²) in [6.45, 7) is 5.55. The Morgan fingerprint density at radius 1 is 1.00 bits per heavy atom. The van der Waals surface area contributed by atoms with E-state index in [1.54, 1.807) is 27.7 Å². The van der Waals surface area contributed by atoms with Crippen LogP contribution in [0.25, 0.3) is 0 Å². The summed E-state index contributed by atoms with van der Waals surface area (Å²) in [4.78, 5) is 42.0. The minimum Gasteiger partial charge on any atom is -0.502 e. The van der Waals surface area contributed by atoms with Crippen LogP contribution in [0.5, 0.6) is 5.75 Å². The Labute approximate surface area is 216 Å². The number of hydrogen-bond donors (Lipinski definition) is 1. The van der Waals surface area contributed by atoms with E-state index >= 15 is 0 Å². The Morgan fingerprint density at radius 3 is 2.11 bits per heavy atom. The van der Waals surface area contributed by atoms with Gasteiger partial charge in [0, 0.05) is 32.3 Å². The van der Waals surface area contributed by atoms with E-state index in [2.05, 4.69) is 29.3 Å². The van der Waals surface area contributed by atoms with E-state index in [-0.39, 0.29) is 30.2 Å². The van der Waals surface area contributed by atoms with E-state index < -0.39 is 23.3 Å². The van der Waals surface area contributed by atoms with Gasteiger partial charge in [0.2, 0.25) is 11.3 Å². The molecule has 8 heteroatoms. The number of aryl methyl sites for hydroxylation is 2. The van der Waals surface area contributed by atoms with Crippen LogP contribution in [0.1, 0.15) is 59.6 Å². The number of aromatic nitrogens is 1. The molecule has 3 aromatic rings. The summed E-state index contributed by atoms with van der Waals surface area (Å²) >= 11 is 0. The van der Waals surface area contributed by atoms with Crippen LogP contribution >= 0.6 is 0 Å². The van der Waals surface area contributed by atoms with Crippen molar-refractivity contribution >= 4 is 11.8 Å². The van der Waals surface area contributed by atoms with Gasteiger partial charge < -0.3 is 14.9 Å². The van der Waals surface area contributed by atoms with Crippen LogP contribution in [0.4, 0.5) is 0 Å². The van der Waals surface area contributed by atoms with Gasteiger partial charge in [0.25, 0.3) is 5.91 Å². The van der Waals surface area contributed by atoms with Crippen molar-refractivity contribution in [3.05, 3.63) is 99.0 Å². The summed E-state index contributed by atoms with van der Waals surface area (Å²) in [6.07, 6.45) is 2.72. The molecule has 1 aliphatic heterocycles. The first-order valence-electron chi connectivity index (χ1n) is 12.6. The highest BCUT2D eigenvalue weighted by molar-refractivity contribution is 5.96. The fraction of sp³-hybridized carbons (Fsp3) is 0.345. The second-order valence-corrected chi connectivity index (χ2v) is 10.1. The van der Waals surface area contributed by atoms with Gasteiger partial charge in [-0.25, -0.2) is 0 Å². The van der Waals surface area contributed by atoms with Crippen molar-refractivity contribution in [1.82, 2.24) is 14.5 Å². The average Bonchev–Trinajstić information content (AvgIpc) is 3.03. The van der Waals surface area contributed by atoms with Gasteiger partial charge in [-0.05, 0) is 48.9 Å². The molecule has 192 valence electrons. The van der Waals surface area contributed by atoms with Gasteiger partial charge in [-0.2, -0.15) is 0 Å². The van der Waals surface area contributed by atoms with Crippen molar-refractivity contribution in [1.29, 1.82) is 0 Å². The summed E-state index contributed by atoms with van der Waals surface area (Å²) < 4.78 is 1.63. The van der Waals surface area contributed by atoms with Crippen LogP contribution in [0, 0.1) is 0 Å². The molecule has 0 saturated heterocycles. The van der Waals surface area contributed by atoms with E-state index in [1.165, 1.54) is 24.1 Å². The molecule has 1 N–H and O–H groups in total. The molecule has 1 aliphatic carbocycles. The predicted molar refractivity (Wildman–Crippen MR) is 141 cm³/mol. The molecule has 2 aliphatic rings. The zero-order valence-corrected chi connectivity index (χ0v) is 21.6. The molecule has 37 heavy (non-hydrogen) atoms. The van der Waals surface area contributed by atoms with Crippen molar-refractivity contribution in [2.75, 3.05) is 18.6 Å².